The molecular formula is C15H20N2OS. The molecule has 0 atom stereocenters. The highest BCUT2D eigenvalue weighted by atomic mass is 32.1. The minimum Gasteiger partial charge on any atom is -0.493 e. The van der Waals surface area contributed by atoms with E-state index < -0.39 is 0 Å². The van der Waals surface area contributed by atoms with Crippen LogP contribution in [0.5, 0.6) is 5.75 Å². The van der Waals surface area contributed by atoms with E-state index in [0.29, 0.717) is 5.92 Å². The summed E-state index contributed by atoms with van der Waals surface area (Å²) in [5.41, 5.74) is 1.09. The molecule has 0 unspecified atom stereocenters. The Balaban J connectivity index is 1.66. The molecule has 1 aromatic carbocycles. The van der Waals surface area contributed by atoms with E-state index in [-0.39, 0.29) is 0 Å². The lowest BCUT2D eigenvalue weighted by atomic mass is 9.99. The molecule has 0 amide bonds. The molecule has 0 bridgehead atoms. The topological polar surface area (TPSA) is 34.1 Å². The van der Waals surface area contributed by atoms with E-state index in [1.165, 1.54) is 22.5 Å². The van der Waals surface area contributed by atoms with Crippen molar-refractivity contribution >= 4 is 21.6 Å². The number of ether oxygens (including phenoxy) is 1. The third-order valence-electron chi connectivity index (χ3n) is 3.65. The Morgan fingerprint density at radius 2 is 2.21 bits per heavy atom. The first-order valence-corrected chi connectivity index (χ1v) is 7.90. The molecule has 1 aliphatic heterocycles. The second-order valence-electron chi connectivity index (χ2n) is 5.10. The zero-order valence-corrected chi connectivity index (χ0v) is 12.1. The third-order valence-corrected chi connectivity index (χ3v) is 4.81. The van der Waals surface area contributed by atoms with Gasteiger partial charge in [0.15, 0.2) is 0 Å². The van der Waals surface area contributed by atoms with Crippen LogP contribution in [0.4, 0.5) is 0 Å². The first-order chi connectivity index (χ1) is 9.35. The van der Waals surface area contributed by atoms with Crippen molar-refractivity contribution in [3.05, 3.63) is 23.2 Å². The predicted octanol–water partition coefficient (Wildman–Crippen LogP) is 3.24. The van der Waals surface area contributed by atoms with Gasteiger partial charge in [0, 0.05) is 0 Å². The zero-order chi connectivity index (χ0) is 13.1. The van der Waals surface area contributed by atoms with Gasteiger partial charge in [0.05, 0.1) is 21.8 Å². The lowest BCUT2D eigenvalue weighted by molar-refractivity contribution is 0.215. The van der Waals surface area contributed by atoms with Gasteiger partial charge < -0.3 is 10.1 Å². The lowest BCUT2D eigenvalue weighted by Crippen LogP contribution is -2.30. The van der Waals surface area contributed by atoms with Crippen molar-refractivity contribution in [2.75, 3.05) is 19.7 Å². The van der Waals surface area contributed by atoms with Gasteiger partial charge in [0.2, 0.25) is 0 Å². The van der Waals surface area contributed by atoms with Crippen LogP contribution in [-0.4, -0.2) is 24.7 Å². The summed E-state index contributed by atoms with van der Waals surface area (Å²) in [5, 5.41) is 4.58. The maximum atomic E-state index is 5.95. The molecule has 0 radical (unpaired) electrons. The summed E-state index contributed by atoms with van der Waals surface area (Å²) >= 11 is 1.77. The van der Waals surface area contributed by atoms with Gasteiger partial charge in [0.25, 0.3) is 0 Å². The van der Waals surface area contributed by atoms with Crippen LogP contribution in [0.1, 0.15) is 24.8 Å². The van der Waals surface area contributed by atoms with Crippen LogP contribution in [0.25, 0.3) is 10.2 Å². The predicted molar refractivity (Wildman–Crippen MR) is 80.1 cm³/mol. The van der Waals surface area contributed by atoms with Crippen LogP contribution in [0, 0.1) is 5.92 Å². The summed E-state index contributed by atoms with van der Waals surface area (Å²) in [4.78, 5) is 4.58. The monoisotopic (exact) mass is 276 g/mol. The van der Waals surface area contributed by atoms with Crippen LogP contribution in [0.2, 0.25) is 0 Å². The molecule has 1 fully saturated rings. The average Bonchev–Trinajstić information content (AvgIpc) is 2.88. The number of hydrogen-bond donors (Lipinski definition) is 1. The maximum absolute atomic E-state index is 5.95. The molecule has 3 nitrogen and oxygen atoms in total. The number of aromatic nitrogens is 1. The number of hydrogen-bond acceptors (Lipinski definition) is 4. The first kappa shape index (κ1) is 12.9. The van der Waals surface area contributed by atoms with E-state index in [0.717, 1.165) is 37.4 Å². The van der Waals surface area contributed by atoms with Crippen molar-refractivity contribution in [2.24, 2.45) is 5.92 Å². The van der Waals surface area contributed by atoms with Gasteiger partial charge in [-0.2, -0.15) is 0 Å². The summed E-state index contributed by atoms with van der Waals surface area (Å²) in [5.74, 6) is 1.68. The van der Waals surface area contributed by atoms with Crippen LogP contribution in [0.3, 0.4) is 0 Å². The molecule has 1 aliphatic rings. The fourth-order valence-electron chi connectivity index (χ4n) is 2.46. The fourth-order valence-corrected chi connectivity index (χ4v) is 3.39. The smallest absolute Gasteiger partial charge is 0.120 e. The van der Waals surface area contributed by atoms with E-state index in [2.05, 4.69) is 29.4 Å². The summed E-state index contributed by atoms with van der Waals surface area (Å²) < 4.78 is 7.18. The van der Waals surface area contributed by atoms with Gasteiger partial charge >= 0.3 is 0 Å². The first-order valence-electron chi connectivity index (χ1n) is 7.08. The van der Waals surface area contributed by atoms with Gasteiger partial charge in [0.1, 0.15) is 5.75 Å². The quantitative estimate of drug-likeness (QED) is 0.931. The summed E-state index contributed by atoms with van der Waals surface area (Å²) in [6, 6.07) is 6.25. The van der Waals surface area contributed by atoms with E-state index in [1.807, 2.05) is 6.07 Å². The van der Waals surface area contributed by atoms with Crippen LogP contribution in [0.15, 0.2) is 18.2 Å². The van der Waals surface area contributed by atoms with E-state index in [9.17, 15) is 0 Å². The summed E-state index contributed by atoms with van der Waals surface area (Å²) in [6.07, 6.45) is 3.45. The lowest BCUT2D eigenvalue weighted by Gasteiger charge is -2.22. The minimum absolute atomic E-state index is 0.699. The van der Waals surface area contributed by atoms with E-state index in [1.54, 1.807) is 11.3 Å². The van der Waals surface area contributed by atoms with Gasteiger partial charge in [-0.3, -0.25) is 0 Å². The Labute approximate surface area is 118 Å². The Morgan fingerprint density at radius 1 is 1.37 bits per heavy atom. The fraction of sp³-hybridized carbons (Fsp3) is 0.533. The van der Waals surface area contributed by atoms with Crippen molar-refractivity contribution in [1.82, 2.24) is 10.3 Å². The maximum Gasteiger partial charge on any atom is 0.120 e. The van der Waals surface area contributed by atoms with Crippen LogP contribution < -0.4 is 10.1 Å². The highest BCUT2D eigenvalue weighted by molar-refractivity contribution is 7.18. The second-order valence-corrected chi connectivity index (χ2v) is 6.21. The standard InChI is InChI=1S/C15H20N2OS/c1-2-15-17-13-4-3-12(9-14(13)19-15)18-10-11-5-7-16-8-6-11/h3-4,9,11,16H,2,5-8,10H2,1H3. The molecule has 4 heteroatoms. The van der Waals surface area contributed by atoms with Crippen molar-refractivity contribution in [2.45, 2.75) is 26.2 Å². The molecule has 0 saturated carbocycles. The van der Waals surface area contributed by atoms with Gasteiger partial charge in [-0.15, -0.1) is 11.3 Å². The van der Waals surface area contributed by atoms with Gasteiger partial charge in [-0.25, -0.2) is 4.98 Å². The number of fused-ring (bicyclic) bond motifs is 1. The Kier molecular flexibility index (Phi) is 3.99. The van der Waals surface area contributed by atoms with Gasteiger partial charge in [-0.1, -0.05) is 6.92 Å². The molecular weight excluding hydrogens is 256 g/mol. The largest absolute Gasteiger partial charge is 0.493 e. The number of rotatable bonds is 4. The molecule has 19 heavy (non-hydrogen) atoms. The SMILES string of the molecule is CCc1nc2ccc(OCC3CCNCC3)cc2s1. The average molecular weight is 276 g/mol. The van der Waals surface area contributed by atoms with Crippen LogP contribution >= 0.6 is 11.3 Å². The third kappa shape index (κ3) is 3.07. The van der Waals surface area contributed by atoms with E-state index in [4.69, 9.17) is 4.74 Å². The normalized spacial score (nSPS) is 16.9. The van der Waals surface area contributed by atoms with Crippen molar-refractivity contribution in [3.63, 3.8) is 0 Å². The molecule has 2 aromatic rings. The molecule has 1 N–H and O–H groups in total. The molecule has 1 aromatic heterocycles. The number of nitrogens with zero attached hydrogens (tertiary/aromatic N) is 1. The summed E-state index contributed by atoms with van der Waals surface area (Å²) in [6.45, 7) is 5.24. The van der Waals surface area contributed by atoms with Gasteiger partial charge in [-0.05, 0) is 56.5 Å². The number of benzene rings is 1. The number of aryl methyl sites for hydroxylation is 1. The Bertz CT molecular complexity index is 546. The molecule has 2 heterocycles. The molecule has 3 rings (SSSR count). The number of thiazole rings is 1. The minimum atomic E-state index is 0.699. The molecule has 0 aliphatic carbocycles. The second kappa shape index (κ2) is 5.88. The molecule has 102 valence electrons. The molecule has 1 saturated heterocycles. The zero-order valence-electron chi connectivity index (χ0n) is 11.3. The van der Waals surface area contributed by atoms with Crippen molar-refractivity contribution < 1.29 is 4.74 Å². The highest BCUT2D eigenvalue weighted by Gasteiger charge is 2.13. The molecule has 0 spiro atoms. The van der Waals surface area contributed by atoms with Crippen molar-refractivity contribution in [3.8, 4) is 5.75 Å². The van der Waals surface area contributed by atoms with E-state index >= 15 is 0 Å². The number of piperidine rings is 1. The van der Waals surface area contributed by atoms with Crippen molar-refractivity contribution in [1.29, 1.82) is 0 Å². The number of nitrogens with one attached hydrogen (secondary N) is 1. The van der Waals surface area contributed by atoms with Crippen LogP contribution in [-0.2, 0) is 6.42 Å². The Morgan fingerprint density at radius 3 is 3.00 bits per heavy atom. The highest BCUT2D eigenvalue weighted by Crippen LogP contribution is 2.27. The summed E-state index contributed by atoms with van der Waals surface area (Å²) in [7, 11) is 0. The Hall–Kier alpha value is -1.13.